The van der Waals surface area contributed by atoms with Gasteiger partial charge in [0.05, 0.1) is 24.4 Å². The summed E-state index contributed by atoms with van der Waals surface area (Å²) < 4.78 is 13.2. The highest BCUT2D eigenvalue weighted by Crippen LogP contribution is 2.49. The second-order valence-corrected chi connectivity index (χ2v) is 14.7. The van der Waals surface area contributed by atoms with E-state index in [1.54, 1.807) is 0 Å². The van der Waals surface area contributed by atoms with Crippen molar-refractivity contribution in [1.82, 2.24) is 9.80 Å². The van der Waals surface area contributed by atoms with E-state index in [1.807, 2.05) is 0 Å². The van der Waals surface area contributed by atoms with Gasteiger partial charge in [0.25, 0.3) is 23.6 Å². The number of ether oxygens (including phenoxy) is 2. The molecule has 4 saturated carbocycles. The standard InChI is InChI=1S/C35H50N2O6/c1-35(2,23-3-11-27(12-4-23)42-29-15-7-25(8-16-29)36-31(38)19-20-32(36)39)24-5-13-28(14-6-24)43-30-17-9-26(10-18-30)37-33(40)21-22-34(37)41/h19-30H,3-18H2,1-2H3. The second kappa shape index (κ2) is 13.0. The molecule has 8 nitrogen and oxygen atoms in total. The lowest BCUT2D eigenvalue weighted by Gasteiger charge is -2.47. The Hall–Kier alpha value is -2.32. The number of hydrogen-bond acceptors (Lipinski definition) is 6. The van der Waals surface area contributed by atoms with Gasteiger partial charge in [0.1, 0.15) is 0 Å². The normalized spacial score (nSPS) is 37.5. The summed E-state index contributed by atoms with van der Waals surface area (Å²) in [7, 11) is 0. The Labute approximate surface area is 256 Å². The molecule has 4 fully saturated rings. The molecule has 0 unspecified atom stereocenters. The van der Waals surface area contributed by atoms with Crippen molar-refractivity contribution >= 4 is 23.6 Å². The van der Waals surface area contributed by atoms with Crippen LogP contribution in [0.15, 0.2) is 24.3 Å². The SMILES string of the molecule is CC(C)(C1CCC(OC2CCC(N3C(=O)C=CC3=O)CC2)CC1)C1CCC(OC2CCC(N3C(=O)C=CC3=O)CC2)CC1. The summed E-state index contributed by atoms with van der Waals surface area (Å²) >= 11 is 0. The summed E-state index contributed by atoms with van der Waals surface area (Å²) in [5, 5.41) is 0. The molecule has 0 saturated heterocycles. The molecule has 2 heterocycles. The maximum absolute atomic E-state index is 12.0. The molecule has 0 radical (unpaired) electrons. The molecule has 0 N–H and O–H groups in total. The molecule has 0 aromatic heterocycles. The maximum atomic E-state index is 12.0. The van der Waals surface area contributed by atoms with Crippen LogP contribution >= 0.6 is 0 Å². The van der Waals surface area contributed by atoms with Crippen molar-refractivity contribution in [3.05, 3.63) is 24.3 Å². The third-order valence-electron chi connectivity index (χ3n) is 11.9. The summed E-state index contributed by atoms with van der Waals surface area (Å²) in [5.41, 5.74) is 0.317. The molecule has 4 amide bonds. The average molecular weight is 595 g/mol. The molecule has 4 aliphatic carbocycles. The van der Waals surface area contributed by atoms with E-state index in [0.717, 1.165) is 88.9 Å². The van der Waals surface area contributed by atoms with Crippen LogP contribution in [0.4, 0.5) is 0 Å². The maximum Gasteiger partial charge on any atom is 0.253 e. The summed E-state index contributed by atoms with van der Waals surface area (Å²) in [5.74, 6) is 0.804. The van der Waals surface area contributed by atoms with Crippen LogP contribution in [0, 0.1) is 17.3 Å². The van der Waals surface area contributed by atoms with Crippen LogP contribution < -0.4 is 0 Å². The van der Waals surface area contributed by atoms with Crippen LogP contribution in [0.3, 0.4) is 0 Å². The first kappa shape index (κ1) is 30.7. The van der Waals surface area contributed by atoms with Gasteiger partial charge in [0.2, 0.25) is 0 Å². The Morgan fingerprint density at radius 2 is 0.721 bits per heavy atom. The molecule has 6 aliphatic rings. The zero-order chi connectivity index (χ0) is 30.1. The van der Waals surface area contributed by atoms with Gasteiger partial charge < -0.3 is 9.47 Å². The van der Waals surface area contributed by atoms with E-state index < -0.39 is 0 Å². The molecule has 0 aromatic rings. The second-order valence-electron chi connectivity index (χ2n) is 14.7. The molecule has 0 bridgehead atoms. The largest absolute Gasteiger partial charge is 0.375 e. The van der Waals surface area contributed by atoms with E-state index in [4.69, 9.17) is 9.47 Å². The van der Waals surface area contributed by atoms with Crippen LogP contribution in [-0.4, -0.2) is 69.9 Å². The molecule has 0 atom stereocenters. The Kier molecular flexibility index (Phi) is 9.25. The van der Waals surface area contributed by atoms with Gasteiger partial charge in [-0.15, -0.1) is 0 Å². The lowest BCUT2D eigenvalue weighted by molar-refractivity contribution is -0.143. The first-order valence-electron chi connectivity index (χ1n) is 17.1. The van der Waals surface area contributed by atoms with Gasteiger partial charge >= 0.3 is 0 Å². The van der Waals surface area contributed by atoms with E-state index in [-0.39, 0.29) is 47.9 Å². The van der Waals surface area contributed by atoms with Crippen molar-refractivity contribution < 1.29 is 28.7 Å². The highest BCUT2D eigenvalue weighted by Gasteiger charge is 2.42. The molecular weight excluding hydrogens is 544 g/mol. The molecular formula is C35H50N2O6. The summed E-state index contributed by atoms with van der Waals surface area (Å²) in [4.78, 5) is 51.0. The van der Waals surface area contributed by atoms with Gasteiger partial charge in [-0.25, -0.2) is 0 Å². The topological polar surface area (TPSA) is 93.2 Å². The fourth-order valence-corrected chi connectivity index (χ4v) is 9.19. The van der Waals surface area contributed by atoms with Crippen LogP contribution in [0.5, 0.6) is 0 Å². The van der Waals surface area contributed by atoms with Gasteiger partial charge in [-0.2, -0.15) is 0 Å². The smallest absolute Gasteiger partial charge is 0.253 e. The van der Waals surface area contributed by atoms with E-state index in [9.17, 15) is 19.2 Å². The molecule has 2 aliphatic heterocycles. The molecule has 8 heteroatoms. The van der Waals surface area contributed by atoms with Crippen molar-refractivity contribution in [2.45, 2.75) is 153 Å². The zero-order valence-corrected chi connectivity index (χ0v) is 26.1. The van der Waals surface area contributed by atoms with E-state index in [2.05, 4.69) is 13.8 Å². The molecule has 236 valence electrons. The monoisotopic (exact) mass is 594 g/mol. The van der Waals surface area contributed by atoms with Gasteiger partial charge in [-0.05, 0) is 120 Å². The van der Waals surface area contributed by atoms with Crippen LogP contribution in [0.25, 0.3) is 0 Å². The van der Waals surface area contributed by atoms with Gasteiger partial charge in [-0.3, -0.25) is 29.0 Å². The van der Waals surface area contributed by atoms with Gasteiger partial charge in [-0.1, -0.05) is 13.8 Å². The molecule has 0 aromatic carbocycles. The summed E-state index contributed by atoms with van der Waals surface area (Å²) in [6.45, 7) is 5.00. The molecule has 43 heavy (non-hydrogen) atoms. The van der Waals surface area contributed by atoms with Gasteiger partial charge in [0.15, 0.2) is 0 Å². The first-order valence-corrected chi connectivity index (χ1v) is 17.1. The highest BCUT2D eigenvalue weighted by molar-refractivity contribution is 6.13. The van der Waals surface area contributed by atoms with Crippen LogP contribution in [-0.2, 0) is 28.7 Å². The molecule has 6 rings (SSSR count). The minimum Gasteiger partial charge on any atom is -0.375 e. The summed E-state index contributed by atoms with van der Waals surface area (Å²) in [6.07, 6.45) is 23.3. The number of carbonyl (C=O) groups is 4. The van der Waals surface area contributed by atoms with Gasteiger partial charge in [0, 0.05) is 36.4 Å². The predicted molar refractivity (Wildman–Crippen MR) is 162 cm³/mol. The summed E-state index contributed by atoms with van der Waals surface area (Å²) in [6, 6.07) is 0.0525. The van der Waals surface area contributed by atoms with E-state index >= 15 is 0 Å². The first-order chi connectivity index (χ1) is 20.7. The minimum absolute atomic E-state index is 0.0262. The van der Waals surface area contributed by atoms with E-state index in [0.29, 0.717) is 17.6 Å². The van der Waals surface area contributed by atoms with Crippen molar-refractivity contribution in [1.29, 1.82) is 0 Å². The van der Waals surface area contributed by atoms with Crippen molar-refractivity contribution in [3.63, 3.8) is 0 Å². The predicted octanol–water partition coefficient (Wildman–Crippen LogP) is 5.64. The number of rotatable bonds is 8. The number of amides is 4. The lowest BCUT2D eigenvalue weighted by atomic mass is 9.60. The minimum atomic E-state index is -0.163. The number of hydrogen-bond donors (Lipinski definition) is 0. The van der Waals surface area contributed by atoms with Crippen LogP contribution in [0.2, 0.25) is 0 Å². The fourth-order valence-electron chi connectivity index (χ4n) is 9.19. The third-order valence-corrected chi connectivity index (χ3v) is 11.9. The van der Waals surface area contributed by atoms with Crippen molar-refractivity contribution in [3.8, 4) is 0 Å². The Morgan fingerprint density at radius 3 is 1.00 bits per heavy atom. The zero-order valence-electron chi connectivity index (χ0n) is 26.1. The number of nitrogens with zero attached hydrogens (tertiary/aromatic N) is 2. The third kappa shape index (κ3) is 6.70. The Morgan fingerprint density at radius 1 is 0.465 bits per heavy atom. The highest BCUT2D eigenvalue weighted by atomic mass is 16.5. The average Bonchev–Trinajstić information content (AvgIpc) is 3.53. The Bertz CT molecular complexity index is 991. The Balaban J connectivity index is 0.882. The van der Waals surface area contributed by atoms with Crippen molar-refractivity contribution in [2.75, 3.05) is 0 Å². The van der Waals surface area contributed by atoms with E-state index in [1.165, 1.54) is 59.8 Å². The number of carbonyl (C=O) groups excluding carboxylic acids is 4. The number of imide groups is 2. The lowest BCUT2D eigenvalue weighted by Crippen LogP contribution is -2.44. The fraction of sp³-hybridized carbons (Fsp3) is 0.771. The quantitative estimate of drug-likeness (QED) is 0.338. The molecule has 0 spiro atoms. The van der Waals surface area contributed by atoms with Crippen molar-refractivity contribution in [2.24, 2.45) is 17.3 Å². The van der Waals surface area contributed by atoms with Crippen LogP contribution in [0.1, 0.15) is 117 Å².